The molecule has 4 saturated heterocycles. The number of allylic oxidation sites excluding steroid dienone is 1. The number of carbonyl (C=O) groups is 2. The molecule has 218 valence electrons. The van der Waals surface area contributed by atoms with Crippen LogP contribution in [0.4, 0.5) is 0 Å². The van der Waals surface area contributed by atoms with Gasteiger partial charge in [0.2, 0.25) is 5.91 Å². The summed E-state index contributed by atoms with van der Waals surface area (Å²) in [6.45, 7) is 4.30. The molecule has 13 heteroatoms. The summed E-state index contributed by atoms with van der Waals surface area (Å²) in [6.07, 6.45) is 7.21. The van der Waals surface area contributed by atoms with E-state index >= 15 is 0 Å². The summed E-state index contributed by atoms with van der Waals surface area (Å²) in [6, 6.07) is 0.772. The molecule has 1 aliphatic carbocycles. The van der Waals surface area contributed by atoms with Crippen molar-refractivity contribution >= 4 is 35.4 Å². The molecule has 0 bridgehead atoms. The number of ether oxygens (including phenoxy) is 2. The number of quaternary nitrogens is 1. The predicted molar refractivity (Wildman–Crippen MR) is 152 cm³/mol. The van der Waals surface area contributed by atoms with Crippen LogP contribution >= 0.6 is 23.7 Å². The molecule has 1 saturated carbocycles. The number of hydrogen-bond donors (Lipinski definition) is 6. The summed E-state index contributed by atoms with van der Waals surface area (Å²) in [7, 11) is 0. The van der Waals surface area contributed by atoms with Crippen molar-refractivity contribution in [2.75, 3.05) is 45.1 Å². The minimum atomic E-state index is -0.412. The normalized spacial score (nSPS) is 43.1. The van der Waals surface area contributed by atoms with Gasteiger partial charge in [-0.15, -0.1) is 11.8 Å². The van der Waals surface area contributed by atoms with Crippen LogP contribution in [-0.4, -0.2) is 115 Å². The number of primary amides is 1. The topological polar surface area (TPSA) is 158 Å². The maximum absolute atomic E-state index is 13.1. The highest BCUT2D eigenvalue weighted by Crippen LogP contribution is 2.45. The first-order valence-corrected chi connectivity index (χ1v) is 16.5. The predicted octanol–water partition coefficient (Wildman–Crippen LogP) is -1.84. The molecule has 6 rings (SSSR count). The zero-order valence-corrected chi connectivity index (χ0v) is 24.2. The van der Waals surface area contributed by atoms with Crippen LogP contribution in [0.25, 0.3) is 0 Å². The second-order valence-corrected chi connectivity index (χ2v) is 14.1. The van der Waals surface area contributed by atoms with Crippen LogP contribution in [0.5, 0.6) is 0 Å². The van der Waals surface area contributed by atoms with E-state index in [9.17, 15) is 9.59 Å². The van der Waals surface area contributed by atoms with Gasteiger partial charge in [0.05, 0.1) is 25.3 Å². The third-order valence-corrected chi connectivity index (χ3v) is 12.0. The van der Waals surface area contributed by atoms with Gasteiger partial charge in [0, 0.05) is 73.7 Å². The van der Waals surface area contributed by atoms with E-state index in [2.05, 4.69) is 31.3 Å². The average Bonchev–Trinajstić information content (AvgIpc) is 3.57. The number of ketones is 1. The lowest BCUT2D eigenvalue weighted by atomic mass is 9.87. The maximum atomic E-state index is 13.1. The third kappa shape index (κ3) is 6.11. The van der Waals surface area contributed by atoms with Crippen LogP contribution in [0.15, 0.2) is 12.0 Å². The fraction of sp³-hybridized carbons (Fsp3) is 0.846. The van der Waals surface area contributed by atoms with Crippen LogP contribution in [0.2, 0.25) is 0 Å². The second-order valence-electron chi connectivity index (χ2n) is 11.8. The lowest BCUT2D eigenvalue weighted by molar-refractivity contribution is -0.431. The zero-order chi connectivity index (χ0) is 26.9. The Kier molecular flexibility index (Phi) is 8.95. The SMILES string of the molecule is NC(=O)C1NCC(N[C@H]2CCCC[C@H]2[NH3+])CC1NC1CNSC1C1CSC2C(=O)C=C(N3CCOCC3)OC21. The molecule has 39 heavy (non-hydrogen) atoms. The summed E-state index contributed by atoms with van der Waals surface area (Å²) in [4.78, 5) is 27.6. The number of amides is 1. The maximum Gasteiger partial charge on any atom is 0.236 e. The highest BCUT2D eigenvalue weighted by Gasteiger charge is 2.52. The largest absolute Gasteiger partial charge is 0.474 e. The quantitative estimate of drug-likeness (QED) is 0.188. The Morgan fingerprint density at radius 1 is 1.13 bits per heavy atom. The molecule has 6 aliphatic rings. The fourth-order valence-corrected chi connectivity index (χ4v) is 10.00. The summed E-state index contributed by atoms with van der Waals surface area (Å²) < 4.78 is 15.6. The van der Waals surface area contributed by atoms with E-state index in [-0.39, 0.29) is 52.3 Å². The van der Waals surface area contributed by atoms with Gasteiger partial charge < -0.3 is 41.8 Å². The Morgan fingerprint density at radius 2 is 1.95 bits per heavy atom. The molecule has 10 atom stereocenters. The molecule has 5 heterocycles. The van der Waals surface area contributed by atoms with Crippen molar-refractivity contribution in [3.05, 3.63) is 12.0 Å². The summed E-state index contributed by atoms with van der Waals surface area (Å²) in [5, 5.41) is 11.2. The van der Waals surface area contributed by atoms with Gasteiger partial charge in [-0.2, -0.15) is 0 Å². The summed E-state index contributed by atoms with van der Waals surface area (Å²) in [5.74, 6) is 1.63. The van der Waals surface area contributed by atoms with Gasteiger partial charge in [-0.3, -0.25) is 14.3 Å². The van der Waals surface area contributed by atoms with Gasteiger partial charge in [0.25, 0.3) is 0 Å². The van der Waals surface area contributed by atoms with Gasteiger partial charge >= 0.3 is 0 Å². The van der Waals surface area contributed by atoms with Crippen LogP contribution in [0, 0.1) is 5.92 Å². The first-order chi connectivity index (χ1) is 19.0. The number of fused-ring (bicyclic) bond motifs is 1. The Bertz CT molecular complexity index is 938. The van der Waals surface area contributed by atoms with E-state index in [0.717, 1.165) is 44.8 Å². The molecule has 0 aromatic heterocycles. The second kappa shape index (κ2) is 12.4. The van der Waals surface area contributed by atoms with Crippen molar-refractivity contribution in [1.29, 1.82) is 0 Å². The van der Waals surface area contributed by atoms with E-state index in [1.54, 1.807) is 29.8 Å². The third-order valence-electron chi connectivity index (χ3n) is 9.27. The lowest BCUT2D eigenvalue weighted by Crippen LogP contribution is -2.72. The van der Waals surface area contributed by atoms with Crippen LogP contribution in [0.3, 0.4) is 0 Å². The molecule has 0 aromatic rings. The number of hydrogen-bond acceptors (Lipinski definition) is 11. The highest BCUT2D eigenvalue weighted by atomic mass is 32.2. The van der Waals surface area contributed by atoms with Crippen molar-refractivity contribution in [2.24, 2.45) is 11.7 Å². The number of morpholine rings is 1. The monoisotopic (exact) mass is 582 g/mol. The lowest BCUT2D eigenvalue weighted by Gasteiger charge is -2.41. The van der Waals surface area contributed by atoms with E-state index in [4.69, 9.17) is 15.2 Å². The van der Waals surface area contributed by atoms with Crippen LogP contribution < -0.4 is 32.1 Å². The molecule has 8 unspecified atom stereocenters. The summed E-state index contributed by atoms with van der Waals surface area (Å²) >= 11 is 3.46. The Morgan fingerprint density at radius 3 is 2.74 bits per heavy atom. The molecule has 0 aromatic carbocycles. The van der Waals surface area contributed by atoms with Crippen LogP contribution in [0.1, 0.15) is 32.1 Å². The first-order valence-electron chi connectivity index (χ1n) is 14.6. The van der Waals surface area contributed by atoms with E-state index in [1.165, 1.54) is 19.3 Å². The average molecular weight is 583 g/mol. The minimum absolute atomic E-state index is 0.0730. The molecule has 1 amide bonds. The van der Waals surface area contributed by atoms with E-state index in [1.807, 2.05) is 0 Å². The molecular formula is C26H44N7O4S2+. The number of nitrogens with two attached hydrogens (primary N) is 1. The number of rotatable bonds is 7. The Labute approximate surface area is 239 Å². The molecule has 5 aliphatic heterocycles. The minimum Gasteiger partial charge on any atom is -0.474 e. The van der Waals surface area contributed by atoms with Crippen molar-refractivity contribution in [1.82, 2.24) is 25.6 Å². The molecule has 0 spiro atoms. The Balaban J connectivity index is 1.12. The highest BCUT2D eigenvalue weighted by molar-refractivity contribution is 8.01. The van der Waals surface area contributed by atoms with Crippen molar-refractivity contribution in [2.45, 2.75) is 85.0 Å². The molecule has 11 nitrogen and oxygen atoms in total. The molecule has 5 fully saturated rings. The first kappa shape index (κ1) is 28.1. The van der Waals surface area contributed by atoms with Crippen molar-refractivity contribution < 1.29 is 24.8 Å². The number of carbonyl (C=O) groups excluding carboxylic acids is 2. The van der Waals surface area contributed by atoms with Gasteiger partial charge in [-0.05, 0) is 19.3 Å². The molecule has 0 radical (unpaired) electrons. The van der Waals surface area contributed by atoms with Gasteiger partial charge in [-0.25, -0.2) is 0 Å². The fourth-order valence-electron chi connectivity index (χ4n) is 7.14. The standard InChI is InChI=1S/C26H43N7O4S2/c27-16-3-1-2-4-17(16)31-14-9-18(22(26(28)35)29-11-14)32-19-12-30-39-24(19)15-13-38-25-20(34)10-21(37-23(15)25)33-5-7-36-8-6-33/h10,14-19,22-25,29-32H,1-9,11-13,27H2,(H2,28,35)/p+1/t14?,15?,16-,17+,18?,19?,22?,23?,24?,25?/m1/s1. The zero-order valence-electron chi connectivity index (χ0n) is 22.5. The molecular weight excluding hydrogens is 538 g/mol. The van der Waals surface area contributed by atoms with Gasteiger partial charge in [0.15, 0.2) is 11.7 Å². The number of nitrogens with zero attached hydrogens (tertiary/aromatic N) is 1. The van der Waals surface area contributed by atoms with E-state index < -0.39 is 6.04 Å². The van der Waals surface area contributed by atoms with Crippen molar-refractivity contribution in [3.8, 4) is 0 Å². The van der Waals surface area contributed by atoms with Crippen LogP contribution in [-0.2, 0) is 19.1 Å². The van der Waals surface area contributed by atoms with Crippen molar-refractivity contribution in [3.63, 3.8) is 0 Å². The molecule has 9 N–H and O–H groups in total. The van der Waals surface area contributed by atoms with Gasteiger partial charge in [0.1, 0.15) is 17.4 Å². The van der Waals surface area contributed by atoms with Gasteiger partial charge in [-0.1, -0.05) is 18.4 Å². The number of piperidine rings is 1. The smallest absolute Gasteiger partial charge is 0.236 e. The number of thioether (sulfide) groups is 1. The number of nitrogens with one attached hydrogen (secondary N) is 4. The van der Waals surface area contributed by atoms with E-state index in [0.29, 0.717) is 31.2 Å². The summed E-state index contributed by atoms with van der Waals surface area (Å²) in [5.41, 5.74) is 10.2. The Hall–Kier alpha value is -1.06.